The topological polar surface area (TPSA) is 23.6 Å². The van der Waals surface area contributed by atoms with Crippen LogP contribution in [0.2, 0.25) is 0 Å². The van der Waals surface area contributed by atoms with E-state index in [2.05, 4.69) is 17.1 Å². The van der Waals surface area contributed by atoms with Crippen molar-refractivity contribution in [2.45, 2.75) is 32.2 Å². The van der Waals surface area contributed by atoms with Crippen molar-refractivity contribution in [1.29, 1.82) is 0 Å². The van der Waals surface area contributed by atoms with Crippen LogP contribution in [0.1, 0.15) is 31.2 Å². The van der Waals surface area contributed by atoms with E-state index in [1.807, 2.05) is 11.0 Å². The third-order valence-electron chi connectivity index (χ3n) is 4.84. The van der Waals surface area contributed by atoms with E-state index < -0.39 is 0 Å². The van der Waals surface area contributed by atoms with E-state index in [9.17, 15) is 9.18 Å². The van der Waals surface area contributed by atoms with Gasteiger partial charge in [0.15, 0.2) is 0 Å². The van der Waals surface area contributed by atoms with Crippen LogP contribution in [-0.4, -0.2) is 41.9 Å². The van der Waals surface area contributed by atoms with Crippen molar-refractivity contribution in [2.24, 2.45) is 5.92 Å². The Balaban J connectivity index is 1.55. The van der Waals surface area contributed by atoms with Crippen LogP contribution in [0.3, 0.4) is 0 Å². The summed E-state index contributed by atoms with van der Waals surface area (Å²) in [6, 6.07) is 6.54. The molecule has 23 heavy (non-hydrogen) atoms. The summed E-state index contributed by atoms with van der Waals surface area (Å²) in [5.74, 6) is 0.668. The predicted octanol–water partition coefficient (Wildman–Crippen LogP) is 3.22. The van der Waals surface area contributed by atoms with Gasteiger partial charge in [0.2, 0.25) is 5.91 Å². The summed E-state index contributed by atoms with van der Waals surface area (Å²) < 4.78 is 13.3. The second-order valence-electron chi connectivity index (χ2n) is 6.65. The second kappa shape index (κ2) is 7.73. The Morgan fingerprint density at radius 1 is 1.17 bits per heavy atom. The molecule has 124 valence electrons. The van der Waals surface area contributed by atoms with Gasteiger partial charge in [-0.05, 0) is 42.9 Å². The molecule has 1 aliphatic heterocycles. The van der Waals surface area contributed by atoms with E-state index in [4.69, 9.17) is 0 Å². The zero-order chi connectivity index (χ0) is 16.1. The molecule has 0 radical (unpaired) electrons. The van der Waals surface area contributed by atoms with Crippen molar-refractivity contribution in [1.82, 2.24) is 9.80 Å². The number of rotatable bonds is 4. The average Bonchev–Trinajstić information content (AvgIpc) is 2.72. The second-order valence-corrected chi connectivity index (χ2v) is 6.65. The molecule has 4 heteroatoms. The number of allylic oxidation sites excluding steroid dienone is 2. The van der Waals surface area contributed by atoms with Gasteiger partial charge in [0.05, 0.1) is 0 Å². The van der Waals surface area contributed by atoms with Gasteiger partial charge in [-0.25, -0.2) is 4.39 Å². The lowest BCUT2D eigenvalue weighted by molar-refractivity contribution is -0.130. The lowest BCUT2D eigenvalue weighted by Crippen LogP contribution is -2.35. The van der Waals surface area contributed by atoms with E-state index in [-0.39, 0.29) is 11.7 Å². The molecule has 1 atom stereocenters. The summed E-state index contributed by atoms with van der Waals surface area (Å²) in [6.07, 6.45) is 8.73. The third kappa shape index (κ3) is 4.64. The zero-order valence-corrected chi connectivity index (χ0v) is 13.6. The average molecular weight is 316 g/mol. The predicted molar refractivity (Wildman–Crippen MR) is 89.4 cm³/mol. The smallest absolute Gasteiger partial charge is 0.224 e. The maximum Gasteiger partial charge on any atom is 0.224 e. The quantitative estimate of drug-likeness (QED) is 0.796. The number of benzene rings is 1. The molecule has 1 saturated heterocycles. The molecular formula is C19H25FN2O. The Hall–Kier alpha value is -1.68. The minimum absolute atomic E-state index is 0.181. The van der Waals surface area contributed by atoms with Crippen molar-refractivity contribution in [3.05, 3.63) is 47.8 Å². The van der Waals surface area contributed by atoms with E-state index in [0.29, 0.717) is 13.0 Å². The van der Waals surface area contributed by atoms with Crippen LogP contribution in [0.4, 0.5) is 4.39 Å². The molecule has 3 nitrogen and oxygen atoms in total. The number of carbonyl (C=O) groups excluding carboxylic acids is 1. The molecule has 1 aromatic carbocycles. The first-order valence-electron chi connectivity index (χ1n) is 8.60. The van der Waals surface area contributed by atoms with Crippen molar-refractivity contribution in [2.75, 3.05) is 26.2 Å². The Morgan fingerprint density at radius 3 is 2.87 bits per heavy atom. The van der Waals surface area contributed by atoms with Crippen molar-refractivity contribution >= 4 is 5.91 Å². The van der Waals surface area contributed by atoms with Gasteiger partial charge in [-0.2, -0.15) is 0 Å². The van der Waals surface area contributed by atoms with Crippen molar-refractivity contribution < 1.29 is 9.18 Å². The molecule has 0 bridgehead atoms. The highest BCUT2D eigenvalue weighted by Crippen LogP contribution is 2.20. The summed E-state index contributed by atoms with van der Waals surface area (Å²) in [4.78, 5) is 16.6. The van der Waals surface area contributed by atoms with E-state index in [0.717, 1.165) is 44.1 Å². The van der Waals surface area contributed by atoms with Crippen LogP contribution in [0, 0.1) is 11.7 Å². The summed E-state index contributed by atoms with van der Waals surface area (Å²) in [6.45, 7) is 4.10. The molecule has 1 aromatic rings. The van der Waals surface area contributed by atoms with E-state index >= 15 is 0 Å². The first kappa shape index (κ1) is 16.2. The molecule has 1 amide bonds. The van der Waals surface area contributed by atoms with E-state index in [1.165, 1.54) is 25.0 Å². The molecule has 2 aliphatic rings. The highest BCUT2D eigenvalue weighted by molar-refractivity contribution is 5.76. The molecule has 0 unspecified atom stereocenters. The SMILES string of the molecule is O=C1CCN(C[C@@H]2CC=CCC2)CCN1Cc1cccc(F)c1. The van der Waals surface area contributed by atoms with Gasteiger partial charge in [0, 0.05) is 39.1 Å². The number of hydrogen-bond donors (Lipinski definition) is 0. The minimum atomic E-state index is -0.239. The number of halogens is 1. The fraction of sp³-hybridized carbons (Fsp3) is 0.526. The van der Waals surface area contributed by atoms with Gasteiger partial charge in [-0.3, -0.25) is 4.79 Å². The highest BCUT2D eigenvalue weighted by atomic mass is 19.1. The molecule has 1 heterocycles. The Bertz CT molecular complexity index is 572. The minimum Gasteiger partial charge on any atom is -0.337 e. The summed E-state index contributed by atoms with van der Waals surface area (Å²) >= 11 is 0. The van der Waals surface area contributed by atoms with Crippen LogP contribution in [0.15, 0.2) is 36.4 Å². The molecule has 1 fully saturated rings. The number of carbonyl (C=O) groups is 1. The van der Waals surface area contributed by atoms with Crippen LogP contribution >= 0.6 is 0 Å². The van der Waals surface area contributed by atoms with Crippen LogP contribution in [0.5, 0.6) is 0 Å². The van der Waals surface area contributed by atoms with Crippen molar-refractivity contribution in [3.8, 4) is 0 Å². The van der Waals surface area contributed by atoms with Gasteiger partial charge in [0.1, 0.15) is 5.82 Å². The largest absolute Gasteiger partial charge is 0.337 e. The first-order valence-corrected chi connectivity index (χ1v) is 8.60. The molecule has 0 spiro atoms. The molecule has 1 aliphatic carbocycles. The summed E-state index contributed by atoms with van der Waals surface area (Å²) in [7, 11) is 0. The van der Waals surface area contributed by atoms with Gasteiger partial charge >= 0.3 is 0 Å². The number of hydrogen-bond acceptors (Lipinski definition) is 2. The normalized spacial score (nSPS) is 23.1. The standard InChI is InChI=1S/C19H25FN2O/c20-18-8-4-7-17(13-18)15-22-12-11-21(10-9-19(22)23)14-16-5-2-1-3-6-16/h1-2,4,7-8,13,16H,3,5-6,9-12,14-15H2/t16-/m1/s1. The highest BCUT2D eigenvalue weighted by Gasteiger charge is 2.23. The van der Waals surface area contributed by atoms with Gasteiger partial charge in [0.25, 0.3) is 0 Å². The number of nitrogens with zero attached hydrogens (tertiary/aromatic N) is 2. The maximum absolute atomic E-state index is 13.3. The molecule has 0 aromatic heterocycles. The first-order chi connectivity index (χ1) is 11.2. The summed E-state index contributed by atoms with van der Waals surface area (Å²) in [5.41, 5.74) is 0.865. The zero-order valence-electron chi connectivity index (χ0n) is 13.6. The van der Waals surface area contributed by atoms with Crippen LogP contribution in [0.25, 0.3) is 0 Å². The fourth-order valence-corrected chi connectivity index (χ4v) is 3.50. The van der Waals surface area contributed by atoms with E-state index in [1.54, 1.807) is 6.07 Å². The molecule has 3 rings (SSSR count). The molecule has 0 saturated carbocycles. The van der Waals surface area contributed by atoms with Gasteiger partial charge in [-0.15, -0.1) is 0 Å². The lowest BCUT2D eigenvalue weighted by Gasteiger charge is -2.27. The van der Waals surface area contributed by atoms with Crippen LogP contribution in [-0.2, 0) is 11.3 Å². The van der Waals surface area contributed by atoms with Gasteiger partial charge < -0.3 is 9.80 Å². The fourth-order valence-electron chi connectivity index (χ4n) is 3.50. The van der Waals surface area contributed by atoms with Crippen LogP contribution < -0.4 is 0 Å². The maximum atomic E-state index is 13.3. The Labute approximate surface area is 137 Å². The molecular weight excluding hydrogens is 291 g/mol. The number of amides is 1. The Morgan fingerprint density at radius 2 is 2.09 bits per heavy atom. The molecule has 0 N–H and O–H groups in total. The Kier molecular flexibility index (Phi) is 5.44. The summed E-state index contributed by atoms with van der Waals surface area (Å²) in [5, 5.41) is 0. The third-order valence-corrected chi connectivity index (χ3v) is 4.84. The van der Waals surface area contributed by atoms with Crippen molar-refractivity contribution in [3.63, 3.8) is 0 Å². The lowest BCUT2D eigenvalue weighted by atomic mass is 9.94. The van der Waals surface area contributed by atoms with Gasteiger partial charge in [-0.1, -0.05) is 24.3 Å². The monoisotopic (exact) mass is 316 g/mol.